The van der Waals surface area contributed by atoms with Gasteiger partial charge in [0.1, 0.15) is 0 Å². The van der Waals surface area contributed by atoms with E-state index in [2.05, 4.69) is 15.6 Å². The van der Waals surface area contributed by atoms with Crippen LogP contribution in [-0.2, 0) is 9.53 Å². The summed E-state index contributed by atoms with van der Waals surface area (Å²) in [4.78, 5) is 15.7. The van der Waals surface area contributed by atoms with Crippen molar-refractivity contribution in [1.82, 2.24) is 10.3 Å². The third-order valence-corrected chi connectivity index (χ3v) is 3.09. The SMILES string of the molecule is COC1CNC(C(=O)Nc2nccs2)C1. The number of ether oxygens (including phenoxy) is 1. The smallest absolute Gasteiger partial charge is 0.243 e. The van der Waals surface area contributed by atoms with E-state index in [9.17, 15) is 4.79 Å². The Morgan fingerprint density at radius 3 is 3.27 bits per heavy atom. The van der Waals surface area contributed by atoms with Gasteiger partial charge in [-0.1, -0.05) is 0 Å². The van der Waals surface area contributed by atoms with Gasteiger partial charge in [-0.3, -0.25) is 4.79 Å². The van der Waals surface area contributed by atoms with Crippen LogP contribution in [0.15, 0.2) is 11.6 Å². The maximum atomic E-state index is 11.7. The van der Waals surface area contributed by atoms with Crippen molar-refractivity contribution >= 4 is 22.4 Å². The number of hydrogen-bond donors (Lipinski definition) is 2. The van der Waals surface area contributed by atoms with E-state index in [0.717, 1.165) is 6.54 Å². The van der Waals surface area contributed by atoms with Gasteiger partial charge in [0, 0.05) is 25.2 Å². The third kappa shape index (κ3) is 2.53. The molecular weight excluding hydrogens is 214 g/mol. The van der Waals surface area contributed by atoms with Crippen LogP contribution in [0, 0.1) is 0 Å². The minimum atomic E-state index is -0.168. The Balaban J connectivity index is 1.87. The van der Waals surface area contributed by atoms with Gasteiger partial charge in [0.2, 0.25) is 5.91 Å². The normalized spacial score (nSPS) is 25.4. The Morgan fingerprint density at radius 2 is 2.67 bits per heavy atom. The van der Waals surface area contributed by atoms with Crippen molar-refractivity contribution in [3.63, 3.8) is 0 Å². The minimum absolute atomic E-state index is 0.0375. The van der Waals surface area contributed by atoms with E-state index < -0.39 is 0 Å². The molecule has 0 aliphatic carbocycles. The first-order valence-electron chi connectivity index (χ1n) is 4.76. The number of thiazole rings is 1. The Bertz CT molecular complexity index is 328. The fourth-order valence-electron chi connectivity index (χ4n) is 1.56. The number of carbonyl (C=O) groups excluding carboxylic acids is 1. The lowest BCUT2D eigenvalue weighted by atomic mass is 10.2. The highest BCUT2D eigenvalue weighted by molar-refractivity contribution is 7.13. The Morgan fingerprint density at radius 1 is 1.80 bits per heavy atom. The van der Waals surface area contributed by atoms with E-state index in [1.807, 2.05) is 5.38 Å². The minimum Gasteiger partial charge on any atom is -0.380 e. The van der Waals surface area contributed by atoms with E-state index in [0.29, 0.717) is 11.6 Å². The van der Waals surface area contributed by atoms with Crippen LogP contribution in [-0.4, -0.2) is 36.7 Å². The number of nitrogens with zero attached hydrogens (tertiary/aromatic N) is 1. The van der Waals surface area contributed by atoms with Crippen LogP contribution >= 0.6 is 11.3 Å². The van der Waals surface area contributed by atoms with Crippen LogP contribution in [0.4, 0.5) is 5.13 Å². The number of hydrogen-bond acceptors (Lipinski definition) is 5. The van der Waals surface area contributed by atoms with Crippen LogP contribution in [0.25, 0.3) is 0 Å². The summed E-state index contributed by atoms with van der Waals surface area (Å²) in [7, 11) is 1.66. The Kier molecular flexibility index (Phi) is 3.30. The molecule has 6 heteroatoms. The first-order chi connectivity index (χ1) is 7.29. The highest BCUT2D eigenvalue weighted by Crippen LogP contribution is 2.14. The molecule has 1 aliphatic heterocycles. The average molecular weight is 227 g/mol. The standard InChI is InChI=1S/C9H13N3O2S/c1-14-6-4-7(11-5-6)8(13)12-9-10-2-3-15-9/h2-3,6-7,11H,4-5H2,1H3,(H,10,12,13). The molecule has 2 unspecified atom stereocenters. The number of rotatable bonds is 3. The van der Waals surface area contributed by atoms with Gasteiger partial charge in [0.15, 0.2) is 5.13 Å². The van der Waals surface area contributed by atoms with Gasteiger partial charge < -0.3 is 15.4 Å². The molecular formula is C9H13N3O2S. The molecule has 1 aliphatic rings. The zero-order valence-corrected chi connectivity index (χ0v) is 9.21. The zero-order chi connectivity index (χ0) is 10.7. The summed E-state index contributed by atoms with van der Waals surface area (Å²) >= 11 is 1.41. The van der Waals surface area contributed by atoms with Crippen molar-refractivity contribution in [3.8, 4) is 0 Å². The van der Waals surface area contributed by atoms with Crippen LogP contribution in [0.3, 0.4) is 0 Å². The molecule has 2 heterocycles. The highest BCUT2D eigenvalue weighted by atomic mass is 32.1. The molecule has 1 aromatic heterocycles. The lowest BCUT2D eigenvalue weighted by Crippen LogP contribution is -2.35. The summed E-state index contributed by atoms with van der Waals surface area (Å²) < 4.78 is 5.17. The molecule has 2 atom stereocenters. The van der Waals surface area contributed by atoms with Gasteiger partial charge >= 0.3 is 0 Å². The van der Waals surface area contributed by atoms with E-state index in [1.54, 1.807) is 13.3 Å². The van der Waals surface area contributed by atoms with Crippen molar-refractivity contribution < 1.29 is 9.53 Å². The highest BCUT2D eigenvalue weighted by Gasteiger charge is 2.29. The van der Waals surface area contributed by atoms with Crippen molar-refractivity contribution in [2.45, 2.75) is 18.6 Å². The predicted octanol–water partition coefficient (Wildman–Crippen LogP) is 0.458. The predicted molar refractivity (Wildman–Crippen MR) is 57.9 cm³/mol. The fraction of sp³-hybridized carbons (Fsp3) is 0.556. The lowest BCUT2D eigenvalue weighted by molar-refractivity contribution is -0.118. The molecule has 15 heavy (non-hydrogen) atoms. The molecule has 1 fully saturated rings. The van der Waals surface area contributed by atoms with Crippen LogP contribution in [0.1, 0.15) is 6.42 Å². The van der Waals surface area contributed by atoms with Gasteiger partial charge in [0.25, 0.3) is 0 Å². The quantitative estimate of drug-likeness (QED) is 0.787. The summed E-state index contributed by atoms with van der Waals surface area (Å²) in [5.41, 5.74) is 0. The van der Waals surface area contributed by atoms with Gasteiger partial charge in [-0.05, 0) is 6.42 Å². The number of anilines is 1. The summed E-state index contributed by atoms with van der Waals surface area (Å²) in [6, 6.07) is -0.168. The van der Waals surface area contributed by atoms with Gasteiger partial charge in [-0.2, -0.15) is 0 Å². The Hall–Kier alpha value is -0.980. The number of nitrogens with one attached hydrogen (secondary N) is 2. The molecule has 0 bridgehead atoms. The number of aromatic nitrogens is 1. The first kappa shape index (κ1) is 10.5. The Labute approximate surface area is 91.9 Å². The molecule has 1 amide bonds. The molecule has 2 N–H and O–H groups in total. The van der Waals surface area contributed by atoms with Crippen LogP contribution in [0.5, 0.6) is 0 Å². The molecule has 5 nitrogen and oxygen atoms in total. The second-order valence-electron chi connectivity index (χ2n) is 3.38. The molecule has 2 rings (SSSR count). The number of carbonyl (C=O) groups is 1. The largest absolute Gasteiger partial charge is 0.380 e. The van der Waals surface area contributed by atoms with E-state index in [1.165, 1.54) is 11.3 Å². The molecule has 0 aromatic carbocycles. The maximum Gasteiger partial charge on any atom is 0.243 e. The van der Waals surface area contributed by atoms with Crippen molar-refractivity contribution in [2.75, 3.05) is 19.0 Å². The fourth-order valence-corrected chi connectivity index (χ4v) is 2.09. The molecule has 1 saturated heterocycles. The van der Waals surface area contributed by atoms with Crippen molar-refractivity contribution in [1.29, 1.82) is 0 Å². The van der Waals surface area contributed by atoms with Gasteiger partial charge in [-0.25, -0.2) is 4.98 Å². The molecule has 1 aromatic rings. The third-order valence-electron chi connectivity index (χ3n) is 2.40. The summed E-state index contributed by atoms with van der Waals surface area (Å²) in [5, 5.41) is 8.34. The summed E-state index contributed by atoms with van der Waals surface area (Å²) in [6.07, 6.45) is 2.52. The average Bonchev–Trinajstić information content (AvgIpc) is 2.86. The van der Waals surface area contributed by atoms with E-state index in [-0.39, 0.29) is 18.1 Å². The zero-order valence-electron chi connectivity index (χ0n) is 8.40. The summed E-state index contributed by atoms with van der Waals surface area (Å²) in [6.45, 7) is 0.729. The van der Waals surface area contributed by atoms with Crippen LogP contribution < -0.4 is 10.6 Å². The molecule has 82 valence electrons. The van der Waals surface area contributed by atoms with Crippen LogP contribution in [0.2, 0.25) is 0 Å². The topological polar surface area (TPSA) is 63.2 Å². The van der Waals surface area contributed by atoms with Crippen molar-refractivity contribution in [2.24, 2.45) is 0 Å². The van der Waals surface area contributed by atoms with E-state index in [4.69, 9.17) is 4.74 Å². The summed E-state index contributed by atoms with van der Waals surface area (Å²) in [5.74, 6) is -0.0375. The first-order valence-corrected chi connectivity index (χ1v) is 5.64. The number of methoxy groups -OCH3 is 1. The second-order valence-corrected chi connectivity index (χ2v) is 4.28. The van der Waals surface area contributed by atoms with Gasteiger partial charge in [-0.15, -0.1) is 11.3 Å². The molecule has 0 spiro atoms. The second kappa shape index (κ2) is 4.69. The van der Waals surface area contributed by atoms with Gasteiger partial charge in [0.05, 0.1) is 12.1 Å². The van der Waals surface area contributed by atoms with E-state index >= 15 is 0 Å². The maximum absolute atomic E-state index is 11.7. The lowest BCUT2D eigenvalue weighted by Gasteiger charge is -2.08. The molecule has 0 radical (unpaired) electrons. The monoisotopic (exact) mass is 227 g/mol. The number of amides is 1. The van der Waals surface area contributed by atoms with Crippen molar-refractivity contribution in [3.05, 3.63) is 11.6 Å². The molecule has 0 saturated carbocycles.